The molecule has 1 aromatic carbocycles. The molecular weight excluding hydrogens is 279 g/mol. The zero-order valence-corrected chi connectivity index (χ0v) is 12.6. The predicted molar refractivity (Wildman–Crippen MR) is 83.3 cm³/mol. The van der Waals surface area contributed by atoms with Crippen molar-refractivity contribution in [1.82, 2.24) is 9.55 Å². The van der Waals surface area contributed by atoms with Crippen molar-refractivity contribution < 1.29 is 9.50 Å². The number of aliphatic hydroxyl groups excluding tert-OH is 1. The number of hydrogen-bond donors (Lipinski definition) is 1. The Morgan fingerprint density at radius 2 is 2.05 bits per heavy atom. The van der Waals surface area contributed by atoms with Crippen LogP contribution in [0.25, 0.3) is 11.3 Å². The first-order chi connectivity index (χ1) is 10.7. The standard InChI is InChI=1S/C18H21FN2O/c19-18(8-5-13(22)6-9-18)10-7-16-14-3-1-2-4-15(14)17-11-20-12-21(16)17/h1-4,11-13,16,22H,5-10H2/t13?,16-,18?/m1/s1. The molecule has 0 spiro atoms. The summed E-state index contributed by atoms with van der Waals surface area (Å²) in [7, 11) is 0. The van der Waals surface area contributed by atoms with Crippen molar-refractivity contribution in [3.63, 3.8) is 0 Å². The molecule has 0 amide bonds. The summed E-state index contributed by atoms with van der Waals surface area (Å²) >= 11 is 0. The zero-order chi connectivity index (χ0) is 15.2. The molecule has 1 saturated carbocycles. The van der Waals surface area contributed by atoms with Crippen molar-refractivity contribution in [2.24, 2.45) is 0 Å². The lowest BCUT2D eigenvalue weighted by molar-refractivity contribution is 0.0253. The number of aliphatic hydroxyl groups is 1. The minimum Gasteiger partial charge on any atom is -0.393 e. The van der Waals surface area contributed by atoms with Crippen molar-refractivity contribution in [3.8, 4) is 11.3 Å². The van der Waals surface area contributed by atoms with Crippen LogP contribution in [0.2, 0.25) is 0 Å². The second kappa shape index (κ2) is 5.20. The Kier molecular flexibility index (Phi) is 3.30. The molecule has 0 radical (unpaired) electrons. The summed E-state index contributed by atoms with van der Waals surface area (Å²) in [5.41, 5.74) is 2.52. The van der Waals surface area contributed by atoms with Crippen LogP contribution in [0, 0.1) is 0 Å². The van der Waals surface area contributed by atoms with Gasteiger partial charge in [0, 0.05) is 5.56 Å². The van der Waals surface area contributed by atoms with Gasteiger partial charge in [-0.2, -0.15) is 0 Å². The molecule has 116 valence electrons. The molecule has 1 N–H and O–H groups in total. The lowest BCUT2D eigenvalue weighted by Gasteiger charge is -2.33. The van der Waals surface area contributed by atoms with Gasteiger partial charge < -0.3 is 9.67 Å². The Balaban J connectivity index is 1.54. The number of fused-ring (bicyclic) bond motifs is 3. The summed E-state index contributed by atoms with van der Waals surface area (Å²) in [6.45, 7) is 0. The van der Waals surface area contributed by atoms with Gasteiger partial charge in [0.15, 0.2) is 0 Å². The third-order valence-corrected chi connectivity index (χ3v) is 5.31. The largest absolute Gasteiger partial charge is 0.393 e. The number of benzene rings is 1. The average molecular weight is 300 g/mol. The van der Waals surface area contributed by atoms with Crippen molar-refractivity contribution in [2.75, 3.05) is 0 Å². The summed E-state index contributed by atoms with van der Waals surface area (Å²) < 4.78 is 17.1. The average Bonchev–Trinajstić information content (AvgIpc) is 3.10. The van der Waals surface area contributed by atoms with Gasteiger partial charge in [-0.15, -0.1) is 0 Å². The molecule has 1 atom stereocenters. The van der Waals surface area contributed by atoms with Gasteiger partial charge in [0.05, 0.1) is 30.4 Å². The molecule has 0 saturated heterocycles. The van der Waals surface area contributed by atoms with E-state index in [1.165, 1.54) is 11.1 Å². The number of alkyl halides is 1. The SMILES string of the molecule is OC1CCC(F)(CC[C@@H]2c3ccccc3-c3cncn32)CC1. The fourth-order valence-electron chi connectivity index (χ4n) is 3.99. The molecule has 1 fully saturated rings. The van der Waals surface area contributed by atoms with E-state index in [4.69, 9.17) is 0 Å². The van der Waals surface area contributed by atoms with Crippen LogP contribution in [0.3, 0.4) is 0 Å². The van der Waals surface area contributed by atoms with E-state index >= 15 is 0 Å². The molecule has 2 heterocycles. The first-order valence-electron chi connectivity index (χ1n) is 8.14. The summed E-state index contributed by atoms with van der Waals surface area (Å²) in [5, 5.41) is 9.57. The fourth-order valence-corrected chi connectivity index (χ4v) is 3.99. The lowest BCUT2D eigenvalue weighted by Crippen LogP contribution is -2.32. The van der Waals surface area contributed by atoms with Gasteiger partial charge in [-0.05, 0) is 44.1 Å². The summed E-state index contributed by atoms with van der Waals surface area (Å²) in [4.78, 5) is 4.25. The Labute approximate surface area is 129 Å². The molecule has 2 aromatic rings. The van der Waals surface area contributed by atoms with Crippen LogP contribution in [-0.4, -0.2) is 26.4 Å². The van der Waals surface area contributed by atoms with Crippen molar-refractivity contribution in [2.45, 2.75) is 56.3 Å². The lowest BCUT2D eigenvalue weighted by atomic mass is 9.80. The van der Waals surface area contributed by atoms with Crippen LogP contribution in [0.1, 0.15) is 50.1 Å². The number of aromatic nitrogens is 2. The maximum atomic E-state index is 14.9. The molecule has 2 aliphatic rings. The molecule has 0 unspecified atom stereocenters. The quantitative estimate of drug-likeness (QED) is 0.934. The Hall–Kier alpha value is -1.68. The molecule has 0 bridgehead atoms. The van der Waals surface area contributed by atoms with Gasteiger partial charge in [0.1, 0.15) is 5.67 Å². The highest BCUT2D eigenvalue weighted by molar-refractivity contribution is 5.68. The molecule has 1 aromatic heterocycles. The Morgan fingerprint density at radius 3 is 2.86 bits per heavy atom. The second-order valence-corrected chi connectivity index (χ2v) is 6.71. The molecule has 1 aliphatic carbocycles. The van der Waals surface area contributed by atoms with Crippen LogP contribution in [0.15, 0.2) is 36.8 Å². The monoisotopic (exact) mass is 300 g/mol. The van der Waals surface area contributed by atoms with Crippen molar-refractivity contribution in [1.29, 1.82) is 0 Å². The van der Waals surface area contributed by atoms with Crippen LogP contribution >= 0.6 is 0 Å². The topological polar surface area (TPSA) is 38.1 Å². The van der Waals surface area contributed by atoms with E-state index in [1.807, 2.05) is 24.7 Å². The second-order valence-electron chi connectivity index (χ2n) is 6.71. The molecule has 22 heavy (non-hydrogen) atoms. The molecule has 4 rings (SSSR count). The first-order valence-corrected chi connectivity index (χ1v) is 8.14. The number of imidazole rings is 1. The third kappa shape index (κ3) is 2.26. The van der Waals surface area contributed by atoms with Crippen LogP contribution in [0.5, 0.6) is 0 Å². The van der Waals surface area contributed by atoms with Crippen LogP contribution in [0.4, 0.5) is 4.39 Å². The zero-order valence-electron chi connectivity index (χ0n) is 12.6. The van der Waals surface area contributed by atoms with Crippen molar-refractivity contribution in [3.05, 3.63) is 42.4 Å². The van der Waals surface area contributed by atoms with E-state index in [1.54, 1.807) is 0 Å². The molecule has 4 heteroatoms. The van der Waals surface area contributed by atoms with Gasteiger partial charge in [-0.3, -0.25) is 0 Å². The number of hydrogen-bond acceptors (Lipinski definition) is 2. The normalized spacial score (nSPS) is 30.1. The molecule has 3 nitrogen and oxygen atoms in total. The van der Waals surface area contributed by atoms with Gasteiger partial charge >= 0.3 is 0 Å². The van der Waals surface area contributed by atoms with E-state index < -0.39 is 5.67 Å². The van der Waals surface area contributed by atoms with E-state index in [0.717, 1.165) is 12.1 Å². The van der Waals surface area contributed by atoms with Gasteiger partial charge in [-0.25, -0.2) is 9.37 Å². The first kappa shape index (κ1) is 13.9. The number of rotatable bonds is 3. The maximum Gasteiger partial charge on any atom is 0.111 e. The van der Waals surface area contributed by atoms with Crippen LogP contribution < -0.4 is 0 Å². The van der Waals surface area contributed by atoms with Crippen molar-refractivity contribution >= 4 is 0 Å². The highest BCUT2D eigenvalue weighted by Crippen LogP contribution is 2.44. The van der Waals surface area contributed by atoms with E-state index in [0.29, 0.717) is 32.1 Å². The minimum atomic E-state index is -1.11. The fraction of sp³-hybridized carbons (Fsp3) is 0.500. The molecular formula is C18H21FN2O. The highest BCUT2D eigenvalue weighted by Gasteiger charge is 2.37. The smallest absolute Gasteiger partial charge is 0.111 e. The van der Waals surface area contributed by atoms with Crippen LogP contribution in [-0.2, 0) is 0 Å². The van der Waals surface area contributed by atoms with E-state index in [-0.39, 0.29) is 12.1 Å². The number of nitrogens with zero attached hydrogens (tertiary/aromatic N) is 2. The van der Waals surface area contributed by atoms with E-state index in [9.17, 15) is 9.50 Å². The molecule has 1 aliphatic heterocycles. The maximum absolute atomic E-state index is 14.9. The third-order valence-electron chi connectivity index (χ3n) is 5.31. The summed E-state index contributed by atoms with van der Waals surface area (Å²) in [5.74, 6) is 0. The van der Waals surface area contributed by atoms with E-state index in [2.05, 4.69) is 21.7 Å². The van der Waals surface area contributed by atoms with Gasteiger partial charge in [0.2, 0.25) is 0 Å². The van der Waals surface area contributed by atoms with Gasteiger partial charge in [0.25, 0.3) is 0 Å². The Morgan fingerprint density at radius 1 is 1.27 bits per heavy atom. The minimum absolute atomic E-state index is 0.188. The van der Waals surface area contributed by atoms with Gasteiger partial charge in [-0.1, -0.05) is 24.3 Å². The Bertz CT molecular complexity index is 673. The number of halogens is 1. The highest BCUT2D eigenvalue weighted by atomic mass is 19.1. The summed E-state index contributed by atoms with van der Waals surface area (Å²) in [6.07, 6.45) is 6.93. The predicted octanol–water partition coefficient (Wildman–Crippen LogP) is 3.88. The summed E-state index contributed by atoms with van der Waals surface area (Å²) in [6, 6.07) is 8.53.